The number of benzene rings is 2. The van der Waals surface area contributed by atoms with E-state index < -0.39 is 11.8 Å². The largest absolute Gasteiger partial charge is 0.494 e. The summed E-state index contributed by atoms with van der Waals surface area (Å²) in [4.78, 5) is 24.2. The predicted octanol–water partition coefficient (Wildman–Crippen LogP) is 4.22. The van der Waals surface area contributed by atoms with Crippen LogP contribution in [0.15, 0.2) is 48.5 Å². The van der Waals surface area contributed by atoms with Gasteiger partial charge in [-0.15, -0.1) is 0 Å². The predicted molar refractivity (Wildman–Crippen MR) is 113 cm³/mol. The summed E-state index contributed by atoms with van der Waals surface area (Å²) in [5.41, 5.74) is 6.26. The molecule has 6 nitrogen and oxygen atoms in total. The van der Waals surface area contributed by atoms with E-state index in [-0.39, 0.29) is 6.61 Å². The highest BCUT2D eigenvalue weighted by Gasteiger charge is 2.12. The highest BCUT2D eigenvalue weighted by atomic mass is 16.5. The molecule has 2 N–H and O–H groups in total. The van der Waals surface area contributed by atoms with Crippen molar-refractivity contribution in [3.8, 4) is 11.5 Å². The molecule has 2 amide bonds. The fourth-order valence-electron chi connectivity index (χ4n) is 2.65. The molecule has 0 spiro atoms. The van der Waals surface area contributed by atoms with Crippen molar-refractivity contribution in [2.24, 2.45) is 0 Å². The lowest BCUT2D eigenvalue weighted by Crippen LogP contribution is -2.43. The molecule has 2 rings (SSSR count). The SMILES string of the molecule is CCCCOc1ccc(C(=O)NNC(=O)COc2ccccc2[C@H](C)CC)cc1. The molecule has 0 radical (unpaired) electrons. The number of carbonyl (C=O) groups excluding carboxylic acids is 2. The molecular formula is C23H30N2O4. The highest BCUT2D eigenvalue weighted by Crippen LogP contribution is 2.28. The van der Waals surface area contributed by atoms with Crippen molar-refractivity contribution in [1.82, 2.24) is 10.9 Å². The number of carbonyl (C=O) groups is 2. The van der Waals surface area contributed by atoms with Gasteiger partial charge in [0.1, 0.15) is 11.5 Å². The molecule has 6 heteroatoms. The van der Waals surface area contributed by atoms with Gasteiger partial charge in [0, 0.05) is 5.56 Å². The van der Waals surface area contributed by atoms with E-state index in [9.17, 15) is 9.59 Å². The van der Waals surface area contributed by atoms with Crippen LogP contribution in [0.5, 0.6) is 11.5 Å². The maximum atomic E-state index is 12.2. The first-order valence-electron chi connectivity index (χ1n) is 10.1. The quantitative estimate of drug-likeness (QED) is 0.464. The van der Waals surface area contributed by atoms with Crippen LogP contribution in [0.4, 0.5) is 0 Å². The number of unbranched alkanes of at least 4 members (excludes halogenated alkanes) is 1. The molecule has 2 aromatic carbocycles. The van der Waals surface area contributed by atoms with Crippen LogP contribution in [-0.4, -0.2) is 25.0 Å². The Labute approximate surface area is 172 Å². The van der Waals surface area contributed by atoms with Gasteiger partial charge < -0.3 is 9.47 Å². The van der Waals surface area contributed by atoms with Gasteiger partial charge in [-0.1, -0.05) is 45.4 Å². The minimum Gasteiger partial charge on any atom is -0.494 e. The maximum absolute atomic E-state index is 12.2. The molecule has 0 unspecified atom stereocenters. The van der Waals surface area contributed by atoms with Gasteiger partial charge in [-0.05, 0) is 54.7 Å². The first-order valence-corrected chi connectivity index (χ1v) is 10.1. The zero-order chi connectivity index (χ0) is 21.1. The van der Waals surface area contributed by atoms with Gasteiger partial charge in [0.25, 0.3) is 11.8 Å². The number of para-hydroxylation sites is 1. The third kappa shape index (κ3) is 7.14. The molecule has 0 bridgehead atoms. The summed E-state index contributed by atoms with van der Waals surface area (Å²) in [5, 5.41) is 0. The van der Waals surface area contributed by atoms with Crippen LogP contribution in [0.2, 0.25) is 0 Å². The third-order valence-corrected chi connectivity index (χ3v) is 4.62. The van der Waals surface area contributed by atoms with Gasteiger partial charge >= 0.3 is 0 Å². The summed E-state index contributed by atoms with van der Waals surface area (Å²) >= 11 is 0. The summed E-state index contributed by atoms with van der Waals surface area (Å²) in [6.07, 6.45) is 3.02. The zero-order valence-corrected chi connectivity index (χ0v) is 17.4. The van der Waals surface area contributed by atoms with Crippen LogP contribution < -0.4 is 20.3 Å². The number of hydrogen-bond acceptors (Lipinski definition) is 4. The minimum absolute atomic E-state index is 0.183. The second kappa shape index (κ2) is 11.7. The second-order valence-corrected chi connectivity index (χ2v) is 6.86. The average Bonchev–Trinajstić information content (AvgIpc) is 2.76. The minimum atomic E-state index is -0.433. The molecular weight excluding hydrogens is 368 g/mol. The zero-order valence-electron chi connectivity index (χ0n) is 17.4. The van der Waals surface area contributed by atoms with Crippen LogP contribution in [0.3, 0.4) is 0 Å². The lowest BCUT2D eigenvalue weighted by molar-refractivity contribution is -0.123. The number of hydrazine groups is 1. The molecule has 0 fully saturated rings. The lowest BCUT2D eigenvalue weighted by Gasteiger charge is -2.15. The van der Waals surface area contributed by atoms with Crippen molar-refractivity contribution in [2.45, 2.75) is 46.0 Å². The van der Waals surface area contributed by atoms with Gasteiger partial charge in [-0.25, -0.2) is 0 Å². The molecule has 0 aliphatic carbocycles. The van der Waals surface area contributed by atoms with Crippen LogP contribution in [0.1, 0.15) is 61.9 Å². The summed E-state index contributed by atoms with van der Waals surface area (Å²) in [7, 11) is 0. The Kier molecular flexibility index (Phi) is 9.02. The van der Waals surface area contributed by atoms with Gasteiger partial charge in [0.2, 0.25) is 0 Å². The molecule has 0 aliphatic heterocycles. The monoisotopic (exact) mass is 398 g/mol. The van der Waals surface area contributed by atoms with Gasteiger partial charge in [-0.2, -0.15) is 0 Å². The van der Waals surface area contributed by atoms with E-state index in [0.29, 0.717) is 29.6 Å². The Balaban J connectivity index is 1.80. The Morgan fingerprint density at radius 3 is 2.38 bits per heavy atom. The number of nitrogens with one attached hydrogen (secondary N) is 2. The van der Waals surface area contributed by atoms with Gasteiger partial charge in [0.15, 0.2) is 6.61 Å². The van der Waals surface area contributed by atoms with Crippen LogP contribution in [0, 0.1) is 0 Å². The van der Waals surface area contributed by atoms with E-state index >= 15 is 0 Å². The molecule has 0 saturated carbocycles. The highest BCUT2D eigenvalue weighted by molar-refractivity contribution is 5.95. The Hall–Kier alpha value is -3.02. The molecule has 2 aromatic rings. The summed E-state index contributed by atoms with van der Waals surface area (Å²) in [6.45, 7) is 6.78. The van der Waals surface area contributed by atoms with E-state index in [2.05, 4.69) is 31.6 Å². The van der Waals surface area contributed by atoms with E-state index in [1.54, 1.807) is 24.3 Å². The van der Waals surface area contributed by atoms with Crippen molar-refractivity contribution in [3.63, 3.8) is 0 Å². The lowest BCUT2D eigenvalue weighted by atomic mass is 9.98. The van der Waals surface area contributed by atoms with Crippen molar-refractivity contribution in [1.29, 1.82) is 0 Å². The topological polar surface area (TPSA) is 76.7 Å². The normalized spacial score (nSPS) is 11.4. The summed E-state index contributed by atoms with van der Waals surface area (Å²) < 4.78 is 11.2. The Bertz CT molecular complexity index is 790. The number of rotatable bonds is 10. The smallest absolute Gasteiger partial charge is 0.276 e. The molecule has 0 aromatic heterocycles. The van der Waals surface area contributed by atoms with Crippen LogP contribution >= 0.6 is 0 Å². The molecule has 29 heavy (non-hydrogen) atoms. The fourth-order valence-corrected chi connectivity index (χ4v) is 2.65. The van der Waals surface area contributed by atoms with E-state index in [0.717, 1.165) is 24.8 Å². The van der Waals surface area contributed by atoms with Crippen molar-refractivity contribution < 1.29 is 19.1 Å². The molecule has 0 saturated heterocycles. The Morgan fingerprint density at radius 1 is 0.966 bits per heavy atom. The maximum Gasteiger partial charge on any atom is 0.276 e. The standard InChI is InChI=1S/C23H30N2O4/c1-4-6-15-28-19-13-11-18(12-14-19)23(27)25-24-22(26)16-29-21-10-8-7-9-20(21)17(3)5-2/h7-14,17H,4-6,15-16H2,1-3H3,(H,24,26)(H,25,27)/t17-/m1/s1. The van der Waals surface area contributed by atoms with E-state index in [4.69, 9.17) is 9.47 Å². The molecule has 1 atom stereocenters. The summed E-state index contributed by atoms with van der Waals surface area (Å²) in [5.74, 6) is 0.896. The van der Waals surface area contributed by atoms with E-state index in [1.807, 2.05) is 24.3 Å². The first kappa shape index (κ1) is 22.3. The number of hydrogen-bond donors (Lipinski definition) is 2. The number of ether oxygens (including phenoxy) is 2. The van der Waals surface area contributed by atoms with E-state index in [1.165, 1.54) is 0 Å². The molecule has 0 heterocycles. The van der Waals surface area contributed by atoms with Gasteiger partial charge in [-0.3, -0.25) is 20.4 Å². The average molecular weight is 399 g/mol. The first-order chi connectivity index (χ1) is 14.0. The molecule has 156 valence electrons. The van der Waals surface area contributed by atoms with Gasteiger partial charge in [0.05, 0.1) is 6.61 Å². The fraction of sp³-hybridized carbons (Fsp3) is 0.391. The van der Waals surface area contributed by atoms with Crippen LogP contribution in [-0.2, 0) is 4.79 Å². The molecule has 0 aliphatic rings. The Morgan fingerprint density at radius 2 is 1.69 bits per heavy atom. The summed E-state index contributed by atoms with van der Waals surface area (Å²) in [6, 6.07) is 14.5. The van der Waals surface area contributed by atoms with Crippen molar-refractivity contribution >= 4 is 11.8 Å². The van der Waals surface area contributed by atoms with Crippen molar-refractivity contribution in [3.05, 3.63) is 59.7 Å². The van der Waals surface area contributed by atoms with Crippen LogP contribution in [0.25, 0.3) is 0 Å². The third-order valence-electron chi connectivity index (χ3n) is 4.62. The number of amides is 2. The second-order valence-electron chi connectivity index (χ2n) is 6.86. The van der Waals surface area contributed by atoms with Crippen molar-refractivity contribution in [2.75, 3.05) is 13.2 Å².